The van der Waals surface area contributed by atoms with Crippen molar-refractivity contribution >= 4 is 55.8 Å². The normalized spacial score (nSPS) is 15.7. The summed E-state index contributed by atoms with van der Waals surface area (Å²) >= 11 is 3.08. The monoisotopic (exact) mass is 387 g/mol. The van der Waals surface area contributed by atoms with Crippen molar-refractivity contribution in [1.82, 2.24) is 4.98 Å². The first-order valence-corrected chi connectivity index (χ1v) is 10.1. The van der Waals surface area contributed by atoms with Gasteiger partial charge >= 0.3 is 0 Å². The Balaban J connectivity index is 1.66. The van der Waals surface area contributed by atoms with Gasteiger partial charge in [0, 0.05) is 10.4 Å². The summed E-state index contributed by atoms with van der Waals surface area (Å²) in [5.41, 5.74) is 2.20. The molecule has 0 unspecified atom stereocenters. The summed E-state index contributed by atoms with van der Waals surface area (Å²) < 4.78 is 1.04. The maximum absolute atomic E-state index is 13.2. The second-order valence-electron chi connectivity index (χ2n) is 5.95. The van der Waals surface area contributed by atoms with Crippen molar-refractivity contribution in [3.63, 3.8) is 0 Å². The third kappa shape index (κ3) is 2.89. The van der Waals surface area contributed by atoms with Crippen LogP contribution in [-0.4, -0.2) is 16.7 Å². The van der Waals surface area contributed by atoms with Crippen molar-refractivity contribution < 1.29 is 4.79 Å². The van der Waals surface area contributed by atoms with Gasteiger partial charge in [-0.25, -0.2) is 14.9 Å². The van der Waals surface area contributed by atoms with Gasteiger partial charge in [0.15, 0.2) is 5.13 Å². The Hall–Kier alpha value is -3.09. The number of amidine groups is 1. The zero-order valence-corrected chi connectivity index (χ0v) is 15.7. The average molecular weight is 387 g/mol. The standard InChI is InChI=1S/C21H13N3OS2/c25-20-17(13-15-9-6-12-26-15)22-19(14-7-2-1-3-8-14)24(20)21-23-16-10-4-5-11-18(16)27-21/h1-13H/b17-13-. The Morgan fingerprint density at radius 1 is 0.926 bits per heavy atom. The van der Waals surface area contributed by atoms with Gasteiger partial charge in [0.2, 0.25) is 0 Å². The molecule has 0 N–H and O–H groups in total. The van der Waals surface area contributed by atoms with Crippen LogP contribution in [0.4, 0.5) is 5.13 Å². The molecular formula is C21H13N3OS2. The highest BCUT2D eigenvalue weighted by Crippen LogP contribution is 2.34. The molecule has 130 valence electrons. The van der Waals surface area contributed by atoms with Gasteiger partial charge in [0.05, 0.1) is 10.2 Å². The molecule has 3 heterocycles. The minimum Gasteiger partial charge on any atom is -0.266 e. The number of amides is 1. The first-order valence-electron chi connectivity index (χ1n) is 8.39. The number of carbonyl (C=O) groups is 1. The van der Waals surface area contributed by atoms with Crippen molar-refractivity contribution in [3.8, 4) is 0 Å². The van der Waals surface area contributed by atoms with Gasteiger partial charge in [0.25, 0.3) is 5.91 Å². The van der Waals surface area contributed by atoms with Crippen LogP contribution in [0.2, 0.25) is 0 Å². The third-order valence-electron chi connectivity index (χ3n) is 4.19. The van der Waals surface area contributed by atoms with Crippen molar-refractivity contribution in [2.24, 2.45) is 4.99 Å². The van der Waals surface area contributed by atoms with Gasteiger partial charge in [0.1, 0.15) is 11.5 Å². The van der Waals surface area contributed by atoms with E-state index in [1.807, 2.05) is 78.2 Å². The van der Waals surface area contributed by atoms with E-state index in [0.717, 1.165) is 20.7 Å². The molecule has 0 saturated carbocycles. The number of anilines is 1. The lowest BCUT2D eigenvalue weighted by atomic mass is 10.2. The number of hydrogen-bond acceptors (Lipinski definition) is 5. The van der Waals surface area contributed by atoms with Crippen LogP contribution in [0, 0.1) is 0 Å². The number of rotatable bonds is 3. The Kier molecular flexibility index (Phi) is 3.92. The fourth-order valence-electron chi connectivity index (χ4n) is 2.94. The van der Waals surface area contributed by atoms with Crippen molar-refractivity contribution in [3.05, 3.63) is 88.2 Å². The molecule has 0 aliphatic carbocycles. The van der Waals surface area contributed by atoms with E-state index in [-0.39, 0.29) is 5.91 Å². The number of hydrogen-bond donors (Lipinski definition) is 0. The van der Waals surface area contributed by atoms with Crippen LogP contribution in [0.5, 0.6) is 0 Å². The topological polar surface area (TPSA) is 45.6 Å². The fraction of sp³-hybridized carbons (Fsp3) is 0. The van der Waals surface area contributed by atoms with Crippen LogP contribution < -0.4 is 4.90 Å². The van der Waals surface area contributed by atoms with Gasteiger partial charge in [-0.2, -0.15) is 0 Å². The van der Waals surface area contributed by atoms with E-state index in [2.05, 4.69) is 9.98 Å². The molecule has 4 nitrogen and oxygen atoms in total. The highest BCUT2D eigenvalue weighted by Gasteiger charge is 2.34. The highest BCUT2D eigenvalue weighted by atomic mass is 32.1. The minimum absolute atomic E-state index is 0.152. The Labute approximate surface area is 163 Å². The number of benzene rings is 2. The Morgan fingerprint density at radius 2 is 1.74 bits per heavy atom. The molecule has 1 amide bonds. The van der Waals surface area contributed by atoms with E-state index in [1.165, 1.54) is 11.3 Å². The van der Waals surface area contributed by atoms with Crippen molar-refractivity contribution in [1.29, 1.82) is 0 Å². The van der Waals surface area contributed by atoms with E-state index in [9.17, 15) is 4.79 Å². The summed E-state index contributed by atoms with van der Waals surface area (Å²) in [7, 11) is 0. The van der Waals surface area contributed by atoms with Crippen molar-refractivity contribution in [2.45, 2.75) is 0 Å². The third-order valence-corrected chi connectivity index (χ3v) is 6.03. The number of fused-ring (bicyclic) bond motifs is 1. The predicted molar refractivity (Wildman–Crippen MR) is 112 cm³/mol. The Morgan fingerprint density at radius 3 is 2.52 bits per heavy atom. The summed E-state index contributed by atoms with van der Waals surface area (Å²) in [4.78, 5) is 25.2. The van der Waals surface area contributed by atoms with Crippen molar-refractivity contribution in [2.75, 3.05) is 4.90 Å². The lowest BCUT2D eigenvalue weighted by Crippen LogP contribution is -2.32. The molecule has 2 aromatic carbocycles. The first-order chi connectivity index (χ1) is 13.3. The predicted octanol–water partition coefficient (Wildman–Crippen LogP) is 5.19. The zero-order valence-electron chi connectivity index (χ0n) is 14.1. The van der Waals surface area contributed by atoms with Crippen LogP contribution in [0.15, 0.2) is 82.8 Å². The molecule has 27 heavy (non-hydrogen) atoms. The summed E-state index contributed by atoms with van der Waals surface area (Å²) in [5.74, 6) is 0.462. The second kappa shape index (κ2) is 6.57. The van der Waals surface area contributed by atoms with Gasteiger partial charge in [-0.1, -0.05) is 59.9 Å². The van der Waals surface area contributed by atoms with E-state index in [0.29, 0.717) is 16.7 Å². The number of aliphatic imine (C=N–C) groups is 1. The Bertz CT molecular complexity index is 1160. The molecule has 0 fully saturated rings. The summed E-state index contributed by atoms with van der Waals surface area (Å²) in [6.45, 7) is 0. The van der Waals surface area contributed by atoms with Crippen LogP contribution in [0.25, 0.3) is 16.3 Å². The molecular weight excluding hydrogens is 374 g/mol. The number of aromatic nitrogens is 1. The second-order valence-corrected chi connectivity index (χ2v) is 7.94. The quantitative estimate of drug-likeness (QED) is 0.454. The molecule has 4 aromatic rings. The molecule has 2 aromatic heterocycles. The number of carbonyl (C=O) groups excluding carboxylic acids is 1. The minimum atomic E-state index is -0.152. The largest absolute Gasteiger partial charge is 0.284 e. The molecule has 0 atom stereocenters. The van der Waals surface area contributed by atoms with E-state index in [1.54, 1.807) is 16.2 Å². The number of nitrogens with zero attached hydrogens (tertiary/aromatic N) is 3. The van der Waals surface area contributed by atoms with E-state index < -0.39 is 0 Å². The van der Waals surface area contributed by atoms with Crippen LogP contribution in [0.1, 0.15) is 10.4 Å². The maximum Gasteiger partial charge on any atom is 0.284 e. The smallest absolute Gasteiger partial charge is 0.266 e. The summed E-state index contributed by atoms with van der Waals surface area (Å²) in [5, 5.41) is 2.62. The van der Waals surface area contributed by atoms with Gasteiger partial charge < -0.3 is 0 Å². The highest BCUT2D eigenvalue weighted by molar-refractivity contribution is 7.22. The number of thiophene rings is 1. The molecule has 1 aliphatic rings. The van der Waals surface area contributed by atoms with E-state index >= 15 is 0 Å². The molecule has 0 saturated heterocycles. The van der Waals surface area contributed by atoms with Crippen LogP contribution in [0.3, 0.4) is 0 Å². The lowest BCUT2D eigenvalue weighted by Gasteiger charge is -2.14. The molecule has 6 heteroatoms. The van der Waals surface area contributed by atoms with E-state index in [4.69, 9.17) is 0 Å². The van der Waals surface area contributed by atoms with Gasteiger partial charge in [-0.3, -0.25) is 4.79 Å². The number of para-hydroxylation sites is 1. The number of thiazole rings is 1. The van der Waals surface area contributed by atoms with Gasteiger partial charge in [-0.05, 0) is 29.7 Å². The van der Waals surface area contributed by atoms with Gasteiger partial charge in [-0.15, -0.1) is 11.3 Å². The maximum atomic E-state index is 13.2. The summed E-state index contributed by atoms with van der Waals surface area (Å²) in [6.07, 6.45) is 1.84. The molecule has 0 radical (unpaired) electrons. The molecule has 0 spiro atoms. The first kappa shape index (κ1) is 16.1. The zero-order chi connectivity index (χ0) is 18.2. The molecule has 0 bridgehead atoms. The average Bonchev–Trinajstić information content (AvgIpc) is 3.42. The van der Waals surface area contributed by atoms with Crippen LogP contribution >= 0.6 is 22.7 Å². The lowest BCUT2D eigenvalue weighted by molar-refractivity contribution is -0.113. The SMILES string of the molecule is O=C1/C(=C/c2cccs2)N=C(c2ccccc2)N1c1nc2ccccc2s1. The summed E-state index contributed by atoms with van der Waals surface area (Å²) in [6, 6.07) is 21.6. The van der Waals surface area contributed by atoms with Crippen LogP contribution in [-0.2, 0) is 4.79 Å². The molecule has 5 rings (SSSR count). The fourth-order valence-corrected chi connectivity index (χ4v) is 4.56. The molecule has 1 aliphatic heterocycles.